The number of hydrogen-bond acceptors (Lipinski definition) is 0. The third-order valence-corrected chi connectivity index (χ3v) is 10.9. The first-order chi connectivity index (χ1) is 10.2. The molecular weight excluding hydrogens is 268 g/mol. The quantitative estimate of drug-likeness (QED) is 0.285. The lowest BCUT2D eigenvalue weighted by molar-refractivity contribution is 0.632. The molecule has 0 aromatic rings. The molecule has 0 spiro atoms. The molecule has 120 valence electrons. The summed E-state index contributed by atoms with van der Waals surface area (Å²) >= 11 is 0. The van der Waals surface area contributed by atoms with Gasteiger partial charge >= 0.3 is 0 Å². The second-order valence-electron chi connectivity index (χ2n) is 6.50. The standard InChI is InChI=1S/C20H36Si/c1-7-13-16-21(17-14-8-2,18-15-9-3)20(12-6)19(10-4)11-5/h4,6,19-20H,7-9,11,13-18H2,1-3,5H3. The Morgan fingerprint density at radius 3 is 1.43 bits per heavy atom. The van der Waals surface area contributed by atoms with E-state index in [2.05, 4.69) is 39.5 Å². The second kappa shape index (κ2) is 11.9. The number of rotatable bonds is 12. The maximum atomic E-state index is 6.02. The third-order valence-electron chi connectivity index (χ3n) is 4.98. The number of hydrogen-bond donors (Lipinski definition) is 0. The molecule has 0 radical (unpaired) electrons. The van der Waals surface area contributed by atoms with Crippen LogP contribution >= 0.6 is 0 Å². The average molecular weight is 305 g/mol. The third kappa shape index (κ3) is 6.32. The predicted octanol–water partition coefficient (Wildman–Crippen LogP) is 6.50. The summed E-state index contributed by atoms with van der Waals surface area (Å²) in [4.78, 5) is 0. The summed E-state index contributed by atoms with van der Waals surface area (Å²) in [6.07, 6.45) is 20.7. The van der Waals surface area contributed by atoms with Crippen molar-refractivity contribution in [3.63, 3.8) is 0 Å². The first-order valence-corrected chi connectivity index (χ1v) is 11.8. The minimum Gasteiger partial charge on any atom is -0.120 e. The molecule has 2 atom stereocenters. The molecule has 2 unspecified atom stereocenters. The summed E-state index contributed by atoms with van der Waals surface area (Å²) in [5.41, 5.74) is 0.386. The average Bonchev–Trinajstić information content (AvgIpc) is 2.52. The van der Waals surface area contributed by atoms with Gasteiger partial charge in [0, 0.05) is 11.5 Å². The van der Waals surface area contributed by atoms with E-state index < -0.39 is 8.07 Å². The zero-order chi connectivity index (χ0) is 16.1. The van der Waals surface area contributed by atoms with Gasteiger partial charge in [0.25, 0.3) is 0 Å². The molecule has 0 aromatic carbocycles. The molecular formula is C20H36Si. The minimum absolute atomic E-state index is 0.298. The molecule has 0 aliphatic carbocycles. The summed E-state index contributed by atoms with van der Waals surface area (Å²) < 4.78 is 0. The van der Waals surface area contributed by atoms with Gasteiger partial charge in [-0.3, -0.25) is 0 Å². The molecule has 0 aliphatic rings. The smallest absolute Gasteiger partial charge is 0.0719 e. The lowest BCUT2D eigenvalue weighted by atomic mass is 10.0. The summed E-state index contributed by atoms with van der Waals surface area (Å²) in [5, 5.41) is 0. The van der Waals surface area contributed by atoms with Crippen LogP contribution in [0.4, 0.5) is 0 Å². The highest BCUT2D eigenvalue weighted by Gasteiger charge is 2.41. The van der Waals surface area contributed by atoms with Crippen LogP contribution < -0.4 is 0 Å². The van der Waals surface area contributed by atoms with Gasteiger partial charge in [0.1, 0.15) is 0 Å². The van der Waals surface area contributed by atoms with Gasteiger partial charge in [0.15, 0.2) is 0 Å². The van der Waals surface area contributed by atoms with Gasteiger partial charge in [-0.1, -0.05) is 84.4 Å². The van der Waals surface area contributed by atoms with Crippen LogP contribution in [-0.4, -0.2) is 8.07 Å². The van der Waals surface area contributed by atoms with E-state index in [0.717, 1.165) is 6.42 Å². The lowest BCUT2D eigenvalue weighted by Gasteiger charge is -2.39. The molecule has 21 heavy (non-hydrogen) atoms. The Morgan fingerprint density at radius 1 is 0.762 bits per heavy atom. The van der Waals surface area contributed by atoms with Gasteiger partial charge in [-0.2, -0.15) is 0 Å². The van der Waals surface area contributed by atoms with Crippen molar-refractivity contribution in [2.45, 2.75) is 96.3 Å². The van der Waals surface area contributed by atoms with Gasteiger partial charge in [0.2, 0.25) is 0 Å². The van der Waals surface area contributed by atoms with Crippen LogP contribution in [0.5, 0.6) is 0 Å². The fourth-order valence-electron chi connectivity index (χ4n) is 3.60. The van der Waals surface area contributed by atoms with E-state index in [0.29, 0.717) is 11.5 Å². The monoisotopic (exact) mass is 304 g/mol. The number of terminal acetylenes is 2. The van der Waals surface area contributed by atoms with Crippen LogP contribution in [0.2, 0.25) is 23.7 Å². The van der Waals surface area contributed by atoms with Crippen LogP contribution in [0.25, 0.3) is 0 Å². The van der Waals surface area contributed by atoms with Crippen LogP contribution in [0.1, 0.15) is 72.6 Å². The zero-order valence-corrected chi connectivity index (χ0v) is 15.9. The highest BCUT2D eigenvalue weighted by molar-refractivity contribution is 6.82. The molecule has 0 nitrogen and oxygen atoms in total. The molecule has 0 saturated carbocycles. The maximum Gasteiger partial charge on any atom is 0.0719 e. The van der Waals surface area contributed by atoms with Crippen LogP contribution in [0.3, 0.4) is 0 Å². The Hall–Kier alpha value is -0.663. The van der Waals surface area contributed by atoms with E-state index in [9.17, 15) is 0 Å². The molecule has 0 aliphatic heterocycles. The maximum absolute atomic E-state index is 6.02. The molecule has 0 aromatic heterocycles. The van der Waals surface area contributed by atoms with Gasteiger partial charge in [-0.25, -0.2) is 0 Å². The summed E-state index contributed by atoms with van der Waals surface area (Å²) in [6, 6.07) is 4.16. The molecule has 0 fully saturated rings. The lowest BCUT2D eigenvalue weighted by Crippen LogP contribution is -2.42. The van der Waals surface area contributed by atoms with Gasteiger partial charge in [0.05, 0.1) is 8.07 Å². The van der Waals surface area contributed by atoms with E-state index in [4.69, 9.17) is 12.8 Å². The van der Waals surface area contributed by atoms with Crippen molar-refractivity contribution >= 4 is 8.07 Å². The van der Waals surface area contributed by atoms with Crippen LogP contribution in [-0.2, 0) is 0 Å². The highest BCUT2D eigenvalue weighted by Crippen LogP contribution is 2.42. The van der Waals surface area contributed by atoms with Crippen molar-refractivity contribution in [2.24, 2.45) is 5.92 Å². The minimum atomic E-state index is -1.47. The molecule has 0 rings (SSSR count). The SMILES string of the molecule is C#CC(CC)C(C#C)[Si](CCCC)(CCCC)CCCC. The Bertz CT molecular complexity index is 309. The Labute approximate surface area is 135 Å². The number of unbranched alkanes of at least 4 members (excludes halogenated alkanes) is 3. The van der Waals surface area contributed by atoms with Crippen molar-refractivity contribution < 1.29 is 0 Å². The van der Waals surface area contributed by atoms with Crippen molar-refractivity contribution in [2.75, 3.05) is 0 Å². The van der Waals surface area contributed by atoms with Crippen molar-refractivity contribution in [1.82, 2.24) is 0 Å². The Kier molecular flexibility index (Phi) is 11.6. The van der Waals surface area contributed by atoms with E-state index >= 15 is 0 Å². The van der Waals surface area contributed by atoms with Gasteiger partial charge in [-0.05, 0) is 6.42 Å². The first-order valence-electron chi connectivity index (χ1n) is 9.07. The topological polar surface area (TPSA) is 0 Å². The molecule has 1 heteroatoms. The fraction of sp³-hybridized carbons (Fsp3) is 0.800. The summed E-state index contributed by atoms with van der Waals surface area (Å²) in [6.45, 7) is 9.08. The van der Waals surface area contributed by atoms with Crippen molar-refractivity contribution in [3.05, 3.63) is 0 Å². The molecule has 0 heterocycles. The fourth-order valence-corrected chi connectivity index (χ4v) is 9.99. The van der Waals surface area contributed by atoms with Crippen molar-refractivity contribution in [3.8, 4) is 24.7 Å². The van der Waals surface area contributed by atoms with Crippen LogP contribution in [0.15, 0.2) is 0 Å². The van der Waals surface area contributed by atoms with E-state index in [1.807, 2.05) is 0 Å². The molecule has 0 saturated heterocycles. The van der Waals surface area contributed by atoms with Crippen LogP contribution in [0, 0.1) is 30.6 Å². The highest BCUT2D eigenvalue weighted by atomic mass is 28.3. The van der Waals surface area contributed by atoms with E-state index in [-0.39, 0.29) is 0 Å². The molecule has 0 bridgehead atoms. The molecule has 0 N–H and O–H groups in total. The summed E-state index contributed by atoms with van der Waals surface area (Å²) in [5.74, 6) is 6.52. The predicted molar refractivity (Wildman–Crippen MR) is 100 cm³/mol. The summed E-state index contributed by atoms with van der Waals surface area (Å²) in [7, 11) is -1.47. The van der Waals surface area contributed by atoms with E-state index in [1.165, 1.54) is 56.7 Å². The second-order valence-corrected chi connectivity index (χ2v) is 11.3. The zero-order valence-electron chi connectivity index (χ0n) is 14.9. The Morgan fingerprint density at radius 2 is 1.19 bits per heavy atom. The molecule has 0 amide bonds. The van der Waals surface area contributed by atoms with Gasteiger partial charge < -0.3 is 0 Å². The van der Waals surface area contributed by atoms with Gasteiger partial charge in [-0.15, -0.1) is 24.7 Å². The first kappa shape index (κ1) is 20.3. The van der Waals surface area contributed by atoms with Crippen molar-refractivity contribution in [1.29, 1.82) is 0 Å². The van der Waals surface area contributed by atoms with E-state index in [1.54, 1.807) is 0 Å². The normalized spacial score (nSPS) is 14.2. The largest absolute Gasteiger partial charge is 0.120 e. The Balaban J connectivity index is 5.43.